The molecule has 1 amide bonds. The van der Waals surface area contributed by atoms with E-state index in [0.29, 0.717) is 18.8 Å². The van der Waals surface area contributed by atoms with Crippen molar-refractivity contribution >= 4 is 16.9 Å². The normalized spacial score (nSPS) is 12.2. The zero-order valence-corrected chi connectivity index (χ0v) is 16.0. The molecule has 28 heavy (non-hydrogen) atoms. The molecule has 142 valence electrons. The van der Waals surface area contributed by atoms with Crippen LogP contribution < -0.4 is 5.32 Å². The van der Waals surface area contributed by atoms with E-state index in [-0.39, 0.29) is 11.8 Å². The molecule has 4 rings (SSSR count). The van der Waals surface area contributed by atoms with Crippen molar-refractivity contribution in [2.75, 3.05) is 6.54 Å². The lowest BCUT2D eigenvalue weighted by Gasteiger charge is -2.12. The molecule has 0 bridgehead atoms. The average Bonchev–Trinajstić information content (AvgIpc) is 3.32. The minimum absolute atomic E-state index is 0.169. The van der Waals surface area contributed by atoms with E-state index < -0.39 is 0 Å². The summed E-state index contributed by atoms with van der Waals surface area (Å²) in [7, 11) is 0. The molecule has 2 aromatic carbocycles. The van der Waals surface area contributed by atoms with E-state index in [0.717, 1.165) is 22.6 Å². The van der Waals surface area contributed by atoms with Gasteiger partial charge in [-0.05, 0) is 36.6 Å². The monoisotopic (exact) mass is 373 g/mol. The predicted octanol–water partition coefficient (Wildman–Crippen LogP) is 3.65. The number of carbonyl (C=O) groups is 1. The van der Waals surface area contributed by atoms with Crippen molar-refractivity contribution in [3.05, 3.63) is 83.4 Å². The molecule has 0 radical (unpaired) electrons. The summed E-state index contributed by atoms with van der Waals surface area (Å²) in [6.45, 7) is 5.23. The van der Waals surface area contributed by atoms with Gasteiger partial charge in [0.1, 0.15) is 11.5 Å². The number of nitrogens with zero attached hydrogens (tertiary/aromatic N) is 3. The number of hydrogen-bond donors (Lipinski definition) is 2. The highest BCUT2D eigenvalue weighted by Crippen LogP contribution is 2.17. The highest BCUT2D eigenvalue weighted by molar-refractivity contribution is 5.92. The molecule has 2 heterocycles. The first kappa shape index (κ1) is 18.0. The Kier molecular flexibility index (Phi) is 4.93. The smallest absolute Gasteiger partial charge is 0.271 e. The Labute approximate surface area is 163 Å². The number of carbonyl (C=O) groups excluding carboxylic acids is 1. The van der Waals surface area contributed by atoms with Crippen LogP contribution in [0.15, 0.2) is 60.7 Å². The molecule has 1 atom stereocenters. The second-order valence-corrected chi connectivity index (χ2v) is 7.03. The fourth-order valence-electron chi connectivity index (χ4n) is 3.36. The van der Waals surface area contributed by atoms with Crippen LogP contribution in [0.3, 0.4) is 0 Å². The van der Waals surface area contributed by atoms with E-state index >= 15 is 0 Å². The molecule has 0 fully saturated rings. The molecule has 0 unspecified atom stereocenters. The topological polar surface area (TPSA) is 75.6 Å². The number of H-pyrrole nitrogens is 1. The lowest BCUT2D eigenvalue weighted by Crippen LogP contribution is -2.27. The van der Waals surface area contributed by atoms with E-state index in [1.807, 2.05) is 49.4 Å². The van der Waals surface area contributed by atoms with Crippen LogP contribution in [-0.4, -0.2) is 32.2 Å². The number of para-hydroxylation sites is 2. The number of imidazole rings is 1. The molecular weight excluding hydrogens is 350 g/mol. The predicted molar refractivity (Wildman–Crippen MR) is 109 cm³/mol. The largest absolute Gasteiger partial charge is 0.350 e. The molecule has 4 aromatic rings. The lowest BCUT2D eigenvalue weighted by molar-refractivity contribution is 0.0946. The van der Waals surface area contributed by atoms with Crippen LogP contribution in [0.2, 0.25) is 0 Å². The second-order valence-electron chi connectivity index (χ2n) is 7.03. The number of hydrogen-bond acceptors (Lipinski definition) is 3. The Morgan fingerprint density at radius 3 is 2.71 bits per heavy atom. The summed E-state index contributed by atoms with van der Waals surface area (Å²) in [6, 6.07) is 20.0. The van der Waals surface area contributed by atoms with E-state index in [9.17, 15) is 4.79 Å². The maximum Gasteiger partial charge on any atom is 0.271 e. The van der Waals surface area contributed by atoms with Gasteiger partial charge in [-0.15, -0.1) is 0 Å². The first-order valence-corrected chi connectivity index (χ1v) is 9.41. The summed E-state index contributed by atoms with van der Waals surface area (Å²) in [5.41, 5.74) is 4.50. The Bertz CT molecular complexity index is 1100. The number of aryl methyl sites for hydroxylation is 1. The number of benzene rings is 2. The van der Waals surface area contributed by atoms with Crippen LogP contribution in [0.4, 0.5) is 0 Å². The Balaban J connectivity index is 1.42. The van der Waals surface area contributed by atoms with Gasteiger partial charge in [-0.25, -0.2) is 4.98 Å². The van der Waals surface area contributed by atoms with Crippen LogP contribution in [0.1, 0.15) is 40.4 Å². The standard InChI is InChI=1S/C22H23N5O/c1-15(17-8-4-3-5-9-17)13-23-22(28)20-12-18(25-26-20)14-27-16(2)24-19-10-6-7-11-21(19)27/h3-12,15H,13-14H2,1-2H3,(H,23,28)(H,25,26)/t15-/m0/s1. The van der Waals surface area contributed by atoms with Gasteiger partial charge in [0.25, 0.3) is 5.91 Å². The molecule has 6 heteroatoms. The molecule has 0 aliphatic carbocycles. The zero-order chi connectivity index (χ0) is 19.5. The summed E-state index contributed by atoms with van der Waals surface area (Å²) in [4.78, 5) is 17.0. The first-order chi connectivity index (χ1) is 13.6. The van der Waals surface area contributed by atoms with Crippen molar-refractivity contribution in [2.24, 2.45) is 0 Å². The highest BCUT2D eigenvalue weighted by Gasteiger charge is 2.14. The number of nitrogens with one attached hydrogen (secondary N) is 2. The van der Waals surface area contributed by atoms with Crippen molar-refractivity contribution in [1.29, 1.82) is 0 Å². The van der Waals surface area contributed by atoms with Crippen LogP contribution in [-0.2, 0) is 6.54 Å². The van der Waals surface area contributed by atoms with Crippen molar-refractivity contribution in [2.45, 2.75) is 26.3 Å². The van der Waals surface area contributed by atoms with Crippen LogP contribution in [0, 0.1) is 6.92 Å². The van der Waals surface area contributed by atoms with Crippen LogP contribution in [0.5, 0.6) is 0 Å². The SMILES string of the molecule is Cc1nc2ccccc2n1Cc1cc(C(=O)NC[C@H](C)c2ccccc2)n[nH]1. The quantitative estimate of drug-likeness (QED) is 0.542. The molecule has 0 aliphatic rings. The van der Waals surface area contributed by atoms with E-state index in [1.54, 1.807) is 6.07 Å². The van der Waals surface area contributed by atoms with Crippen LogP contribution in [0.25, 0.3) is 11.0 Å². The van der Waals surface area contributed by atoms with E-state index in [1.165, 1.54) is 5.56 Å². The molecule has 2 aromatic heterocycles. The maximum absolute atomic E-state index is 12.5. The third-order valence-corrected chi connectivity index (χ3v) is 4.97. The summed E-state index contributed by atoms with van der Waals surface area (Å²) >= 11 is 0. The fourth-order valence-corrected chi connectivity index (χ4v) is 3.36. The summed E-state index contributed by atoms with van der Waals surface area (Å²) in [5.74, 6) is 1.000. The van der Waals surface area contributed by atoms with Gasteiger partial charge in [0.05, 0.1) is 23.3 Å². The number of fused-ring (bicyclic) bond motifs is 1. The molecule has 0 aliphatic heterocycles. The number of amides is 1. The highest BCUT2D eigenvalue weighted by atomic mass is 16.1. The van der Waals surface area contributed by atoms with Gasteiger partial charge in [-0.3, -0.25) is 9.89 Å². The summed E-state index contributed by atoms with van der Waals surface area (Å²) in [5, 5.41) is 10.1. The second kappa shape index (κ2) is 7.68. The molecule has 0 saturated heterocycles. The minimum atomic E-state index is -0.169. The van der Waals surface area contributed by atoms with E-state index in [4.69, 9.17) is 0 Å². The number of aromatic amines is 1. The average molecular weight is 373 g/mol. The van der Waals surface area contributed by atoms with Gasteiger partial charge in [0, 0.05) is 6.54 Å². The lowest BCUT2D eigenvalue weighted by atomic mass is 10.0. The van der Waals surface area contributed by atoms with Crippen molar-refractivity contribution in [3.8, 4) is 0 Å². The van der Waals surface area contributed by atoms with Crippen molar-refractivity contribution in [1.82, 2.24) is 25.1 Å². The fraction of sp³-hybridized carbons (Fsp3) is 0.227. The van der Waals surface area contributed by atoms with Gasteiger partial charge < -0.3 is 9.88 Å². The summed E-state index contributed by atoms with van der Waals surface area (Å²) < 4.78 is 2.11. The van der Waals surface area contributed by atoms with Crippen molar-refractivity contribution in [3.63, 3.8) is 0 Å². The Hall–Kier alpha value is -3.41. The maximum atomic E-state index is 12.5. The number of aromatic nitrogens is 4. The minimum Gasteiger partial charge on any atom is -0.350 e. The molecular formula is C22H23N5O. The van der Waals surface area contributed by atoms with Crippen molar-refractivity contribution < 1.29 is 4.79 Å². The molecule has 2 N–H and O–H groups in total. The van der Waals surface area contributed by atoms with Gasteiger partial charge in [0.2, 0.25) is 0 Å². The Morgan fingerprint density at radius 1 is 1.14 bits per heavy atom. The van der Waals surface area contributed by atoms with Crippen LogP contribution >= 0.6 is 0 Å². The van der Waals surface area contributed by atoms with Gasteiger partial charge in [0.15, 0.2) is 0 Å². The third kappa shape index (κ3) is 3.67. The molecule has 0 saturated carbocycles. The summed E-state index contributed by atoms with van der Waals surface area (Å²) in [6.07, 6.45) is 0. The Morgan fingerprint density at radius 2 is 1.89 bits per heavy atom. The van der Waals surface area contributed by atoms with Gasteiger partial charge >= 0.3 is 0 Å². The third-order valence-electron chi connectivity index (χ3n) is 4.97. The van der Waals surface area contributed by atoms with E-state index in [2.05, 4.69) is 44.1 Å². The molecule has 6 nitrogen and oxygen atoms in total. The first-order valence-electron chi connectivity index (χ1n) is 9.41. The number of rotatable bonds is 6. The van der Waals surface area contributed by atoms with Gasteiger partial charge in [-0.1, -0.05) is 49.4 Å². The zero-order valence-electron chi connectivity index (χ0n) is 16.0. The molecule has 0 spiro atoms. The van der Waals surface area contributed by atoms with Gasteiger partial charge in [-0.2, -0.15) is 5.10 Å².